The van der Waals surface area contributed by atoms with Gasteiger partial charge in [-0.3, -0.25) is 0 Å². The lowest BCUT2D eigenvalue weighted by Crippen LogP contribution is -2.20. The molecule has 0 bridgehead atoms. The van der Waals surface area contributed by atoms with Crippen LogP contribution in [0.5, 0.6) is 5.75 Å². The number of hydrogen-bond acceptors (Lipinski definition) is 4. The molecular formula is C15H19NO3. The Morgan fingerprint density at radius 3 is 2.84 bits per heavy atom. The molecule has 0 aliphatic heterocycles. The Bertz CT molecular complexity index is 618. The Morgan fingerprint density at radius 1 is 1.32 bits per heavy atom. The van der Waals surface area contributed by atoms with Gasteiger partial charge in [-0.1, -0.05) is 13.3 Å². The smallest absolute Gasteiger partial charge is 0.336 e. The van der Waals surface area contributed by atoms with E-state index in [-0.39, 0.29) is 11.4 Å². The number of aromatic hydroxyl groups is 1. The average Bonchev–Trinajstić information content (AvgIpc) is 2.35. The van der Waals surface area contributed by atoms with Crippen LogP contribution in [0.15, 0.2) is 33.5 Å². The number of phenolic OH excluding ortho intramolecular Hbond substituents is 1. The van der Waals surface area contributed by atoms with E-state index < -0.39 is 0 Å². The molecule has 0 aliphatic carbocycles. The Balaban J connectivity index is 2.34. The van der Waals surface area contributed by atoms with E-state index in [4.69, 9.17) is 4.42 Å². The first kappa shape index (κ1) is 13.6. The van der Waals surface area contributed by atoms with E-state index >= 15 is 0 Å². The third kappa shape index (κ3) is 3.35. The van der Waals surface area contributed by atoms with Gasteiger partial charge in [-0.2, -0.15) is 0 Å². The van der Waals surface area contributed by atoms with Crippen molar-refractivity contribution in [3.8, 4) is 5.75 Å². The van der Waals surface area contributed by atoms with Crippen LogP contribution in [-0.2, 0) is 6.54 Å². The van der Waals surface area contributed by atoms with E-state index in [9.17, 15) is 9.90 Å². The van der Waals surface area contributed by atoms with Crippen molar-refractivity contribution < 1.29 is 9.52 Å². The summed E-state index contributed by atoms with van der Waals surface area (Å²) in [6, 6.07) is 6.41. The summed E-state index contributed by atoms with van der Waals surface area (Å²) in [6.07, 6.45) is 2.28. The molecule has 1 aromatic carbocycles. The van der Waals surface area contributed by atoms with Crippen LogP contribution in [0.4, 0.5) is 0 Å². The number of rotatable bonds is 5. The van der Waals surface area contributed by atoms with Gasteiger partial charge >= 0.3 is 5.63 Å². The summed E-state index contributed by atoms with van der Waals surface area (Å²) >= 11 is 0. The lowest BCUT2D eigenvalue weighted by Gasteiger charge is -2.16. The van der Waals surface area contributed by atoms with E-state index in [2.05, 4.69) is 11.8 Å². The van der Waals surface area contributed by atoms with Gasteiger partial charge in [0.2, 0.25) is 0 Å². The van der Waals surface area contributed by atoms with Crippen LogP contribution < -0.4 is 5.63 Å². The lowest BCUT2D eigenvalue weighted by atomic mass is 10.1. The van der Waals surface area contributed by atoms with Crippen LogP contribution >= 0.6 is 0 Å². The highest BCUT2D eigenvalue weighted by atomic mass is 16.4. The summed E-state index contributed by atoms with van der Waals surface area (Å²) in [7, 11) is 2.04. The SMILES string of the molecule is CCCCN(C)Cc1cc(=O)oc2cc(O)ccc12. The van der Waals surface area contributed by atoms with Gasteiger partial charge in [0, 0.05) is 24.1 Å². The van der Waals surface area contributed by atoms with Gasteiger partial charge in [-0.05, 0) is 37.7 Å². The molecule has 0 radical (unpaired) electrons. The number of fused-ring (bicyclic) bond motifs is 1. The predicted molar refractivity (Wildman–Crippen MR) is 75.4 cm³/mol. The van der Waals surface area contributed by atoms with E-state index in [1.165, 1.54) is 12.1 Å². The minimum absolute atomic E-state index is 0.104. The molecule has 19 heavy (non-hydrogen) atoms. The van der Waals surface area contributed by atoms with E-state index in [1.807, 2.05) is 7.05 Å². The number of unbranched alkanes of at least 4 members (excludes halogenated alkanes) is 1. The zero-order valence-corrected chi connectivity index (χ0v) is 11.3. The summed E-state index contributed by atoms with van der Waals surface area (Å²) in [6.45, 7) is 3.85. The van der Waals surface area contributed by atoms with Gasteiger partial charge in [-0.25, -0.2) is 4.79 Å². The number of nitrogens with zero attached hydrogens (tertiary/aromatic N) is 1. The maximum absolute atomic E-state index is 11.5. The van der Waals surface area contributed by atoms with Crippen LogP contribution in [0.1, 0.15) is 25.3 Å². The topological polar surface area (TPSA) is 53.7 Å². The molecule has 102 valence electrons. The molecule has 2 rings (SSSR count). The standard InChI is InChI=1S/C15H19NO3/c1-3-4-7-16(2)10-11-8-15(18)19-14-9-12(17)5-6-13(11)14/h5-6,8-9,17H,3-4,7,10H2,1-2H3. The van der Waals surface area contributed by atoms with Gasteiger partial charge in [0.25, 0.3) is 0 Å². The molecule has 4 heteroatoms. The molecular weight excluding hydrogens is 242 g/mol. The molecule has 0 unspecified atom stereocenters. The van der Waals surface area contributed by atoms with Crippen molar-refractivity contribution >= 4 is 11.0 Å². The second-order valence-corrected chi connectivity index (χ2v) is 4.86. The molecule has 0 fully saturated rings. The van der Waals surface area contributed by atoms with Crippen LogP contribution in [0, 0.1) is 0 Å². The van der Waals surface area contributed by atoms with Gasteiger partial charge in [0.05, 0.1) is 0 Å². The minimum atomic E-state index is -0.378. The minimum Gasteiger partial charge on any atom is -0.508 e. The summed E-state index contributed by atoms with van der Waals surface area (Å²) in [5.41, 5.74) is 0.994. The maximum atomic E-state index is 11.5. The van der Waals surface area contributed by atoms with Crippen molar-refractivity contribution in [1.82, 2.24) is 4.90 Å². The molecule has 4 nitrogen and oxygen atoms in total. The van der Waals surface area contributed by atoms with Gasteiger partial charge < -0.3 is 14.4 Å². The summed E-state index contributed by atoms with van der Waals surface area (Å²) in [4.78, 5) is 13.7. The van der Waals surface area contributed by atoms with Crippen LogP contribution in [0.2, 0.25) is 0 Å². The zero-order valence-electron chi connectivity index (χ0n) is 11.3. The van der Waals surface area contributed by atoms with Crippen molar-refractivity contribution in [3.05, 3.63) is 40.2 Å². The molecule has 0 spiro atoms. The third-order valence-electron chi connectivity index (χ3n) is 3.15. The Morgan fingerprint density at radius 2 is 2.11 bits per heavy atom. The maximum Gasteiger partial charge on any atom is 0.336 e. The van der Waals surface area contributed by atoms with Crippen LogP contribution in [0.25, 0.3) is 11.0 Å². The summed E-state index contributed by atoms with van der Waals surface area (Å²) < 4.78 is 5.11. The molecule has 0 aliphatic rings. The summed E-state index contributed by atoms with van der Waals surface area (Å²) in [5, 5.41) is 10.3. The fourth-order valence-corrected chi connectivity index (χ4v) is 2.15. The van der Waals surface area contributed by atoms with E-state index in [1.54, 1.807) is 12.1 Å². The largest absolute Gasteiger partial charge is 0.508 e. The monoisotopic (exact) mass is 261 g/mol. The van der Waals surface area contributed by atoms with E-state index in [0.717, 1.165) is 30.3 Å². The highest BCUT2D eigenvalue weighted by Crippen LogP contribution is 2.22. The molecule has 0 saturated carbocycles. The highest BCUT2D eigenvalue weighted by molar-refractivity contribution is 5.81. The quantitative estimate of drug-likeness (QED) is 0.841. The van der Waals surface area contributed by atoms with Crippen LogP contribution in [0.3, 0.4) is 0 Å². The normalized spacial score (nSPS) is 11.3. The first-order valence-electron chi connectivity index (χ1n) is 6.54. The molecule has 1 N–H and O–H groups in total. The predicted octanol–water partition coefficient (Wildman–Crippen LogP) is 2.73. The molecule has 0 saturated heterocycles. The van der Waals surface area contributed by atoms with Crippen molar-refractivity contribution in [1.29, 1.82) is 0 Å². The molecule has 0 atom stereocenters. The van der Waals surface area contributed by atoms with Gasteiger partial charge in [-0.15, -0.1) is 0 Å². The van der Waals surface area contributed by atoms with Crippen molar-refractivity contribution in [2.24, 2.45) is 0 Å². The van der Waals surface area contributed by atoms with Gasteiger partial charge in [0.15, 0.2) is 0 Å². The second kappa shape index (κ2) is 5.89. The molecule has 0 amide bonds. The fraction of sp³-hybridized carbons (Fsp3) is 0.400. The Hall–Kier alpha value is -1.81. The van der Waals surface area contributed by atoms with Crippen molar-refractivity contribution in [2.75, 3.05) is 13.6 Å². The number of benzene rings is 1. The molecule has 1 heterocycles. The highest BCUT2D eigenvalue weighted by Gasteiger charge is 2.08. The van der Waals surface area contributed by atoms with Crippen LogP contribution in [-0.4, -0.2) is 23.6 Å². The third-order valence-corrected chi connectivity index (χ3v) is 3.15. The fourth-order valence-electron chi connectivity index (χ4n) is 2.15. The van der Waals surface area contributed by atoms with Crippen molar-refractivity contribution in [3.63, 3.8) is 0 Å². The van der Waals surface area contributed by atoms with Gasteiger partial charge in [0.1, 0.15) is 11.3 Å². The average molecular weight is 261 g/mol. The first-order chi connectivity index (χ1) is 9.10. The Kier molecular flexibility index (Phi) is 4.22. The Labute approximate surface area is 112 Å². The van der Waals surface area contributed by atoms with Crippen molar-refractivity contribution in [2.45, 2.75) is 26.3 Å². The second-order valence-electron chi connectivity index (χ2n) is 4.86. The summed E-state index contributed by atoms with van der Waals surface area (Å²) in [5.74, 6) is 0.104. The number of hydrogen-bond donors (Lipinski definition) is 1. The molecule has 2 aromatic rings. The zero-order chi connectivity index (χ0) is 13.8. The van der Waals surface area contributed by atoms with E-state index in [0.29, 0.717) is 12.1 Å². The lowest BCUT2D eigenvalue weighted by molar-refractivity contribution is 0.321. The number of phenols is 1. The first-order valence-corrected chi connectivity index (χ1v) is 6.54. The molecule has 1 aromatic heterocycles.